The van der Waals surface area contributed by atoms with E-state index in [1.54, 1.807) is 13.8 Å². The Hall–Kier alpha value is -0.780. The Morgan fingerprint density at radius 2 is 1.23 bits per heavy atom. The Bertz CT molecular complexity index is 263. The van der Waals surface area contributed by atoms with Gasteiger partial charge in [-0.2, -0.15) is 0 Å². The molecule has 22 heavy (non-hydrogen) atoms. The van der Waals surface area contributed by atoms with Crippen molar-refractivity contribution in [2.45, 2.75) is 73.3 Å². The van der Waals surface area contributed by atoms with Crippen LogP contribution in [0.1, 0.15) is 67.7 Å². The summed E-state index contributed by atoms with van der Waals surface area (Å²) in [6.07, 6.45) is 1.74. The molecule has 0 amide bonds. The highest BCUT2D eigenvalue weighted by Crippen LogP contribution is 2.07. The molecule has 0 unspecified atom stereocenters. The zero-order chi connectivity index (χ0) is 18.3. The smallest absolute Gasteiger partial charge is 0.133 e. The molecule has 0 fully saturated rings. The predicted octanol–water partition coefficient (Wildman–Crippen LogP) is 2.36. The first kappa shape index (κ1) is 26.1. The van der Waals surface area contributed by atoms with Crippen molar-refractivity contribution in [3.8, 4) is 0 Å². The third-order valence-electron chi connectivity index (χ3n) is 2.05. The molecular formula is C17H36O5. The first-order valence-corrected chi connectivity index (χ1v) is 7.80. The number of hydrogen-bond acceptors (Lipinski definition) is 5. The number of aliphatic hydroxyl groups excluding tert-OH is 2. The van der Waals surface area contributed by atoms with Gasteiger partial charge < -0.3 is 15.3 Å². The zero-order valence-corrected chi connectivity index (χ0v) is 15.3. The predicted molar refractivity (Wildman–Crippen MR) is 89.7 cm³/mol. The molecular weight excluding hydrogens is 284 g/mol. The summed E-state index contributed by atoms with van der Waals surface area (Å²) < 4.78 is 0. The third-order valence-corrected chi connectivity index (χ3v) is 2.05. The van der Waals surface area contributed by atoms with Gasteiger partial charge in [-0.3, -0.25) is 9.59 Å². The molecule has 0 radical (unpaired) electrons. The van der Waals surface area contributed by atoms with Gasteiger partial charge in [-0.1, -0.05) is 27.7 Å². The van der Waals surface area contributed by atoms with Crippen LogP contribution in [-0.4, -0.2) is 45.7 Å². The Kier molecular flexibility index (Phi) is 18.0. The van der Waals surface area contributed by atoms with Crippen molar-refractivity contribution < 1.29 is 24.9 Å². The van der Waals surface area contributed by atoms with Crippen LogP contribution in [0, 0.1) is 11.8 Å². The van der Waals surface area contributed by atoms with E-state index in [0.29, 0.717) is 17.6 Å². The highest BCUT2D eigenvalue weighted by molar-refractivity contribution is 5.78. The Morgan fingerprint density at radius 1 is 0.909 bits per heavy atom. The molecule has 0 spiro atoms. The summed E-state index contributed by atoms with van der Waals surface area (Å²) in [5, 5.41) is 24.2. The second-order valence-electron chi connectivity index (χ2n) is 6.87. The summed E-state index contributed by atoms with van der Waals surface area (Å²) in [7, 11) is 0. The fraction of sp³-hybridized carbons (Fsp3) is 0.882. The molecule has 3 N–H and O–H groups in total. The molecule has 0 rings (SSSR count). The van der Waals surface area contributed by atoms with Gasteiger partial charge in [0.25, 0.3) is 0 Å². The van der Waals surface area contributed by atoms with Gasteiger partial charge in [0.15, 0.2) is 0 Å². The Labute approximate surface area is 135 Å². The molecule has 0 aliphatic heterocycles. The average Bonchev–Trinajstić information content (AvgIpc) is 2.24. The number of hydrogen-bond donors (Lipinski definition) is 3. The number of Topliss-reactive ketones (excluding diaryl/α,β-unsaturated/α-hetero) is 2. The maximum absolute atomic E-state index is 11.1. The largest absolute Gasteiger partial charge is 0.394 e. The normalized spacial score (nSPS) is 10.5. The van der Waals surface area contributed by atoms with Gasteiger partial charge >= 0.3 is 0 Å². The van der Waals surface area contributed by atoms with Gasteiger partial charge in [-0.25, -0.2) is 0 Å². The van der Waals surface area contributed by atoms with Crippen LogP contribution in [0.15, 0.2) is 0 Å². The van der Waals surface area contributed by atoms with E-state index in [-0.39, 0.29) is 25.4 Å². The van der Waals surface area contributed by atoms with Crippen LogP contribution in [0.3, 0.4) is 0 Å². The number of aliphatic hydroxyl groups is 3. The van der Waals surface area contributed by atoms with Gasteiger partial charge in [-0.05, 0) is 32.6 Å². The maximum atomic E-state index is 11.1. The van der Waals surface area contributed by atoms with Crippen LogP contribution in [0.5, 0.6) is 0 Å². The lowest BCUT2D eigenvalue weighted by Gasteiger charge is -2.13. The summed E-state index contributed by atoms with van der Waals surface area (Å²) >= 11 is 0. The maximum Gasteiger partial charge on any atom is 0.133 e. The van der Waals surface area contributed by atoms with Gasteiger partial charge in [0.05, 0.1) is 18.8 Å². The van der Waals surface area contributed by atoms with Crippen molar-refractivity contribution in [1.82, 2.24) is 0 Å². The first-order chi connectivity index (χ1) is 9.85. The molecule has 0 aromatic rings. The van der Waals surface area contributed by atoms with Crippen LogP contribution in [0.4, 0.5) is 0 Å². The van der Waals surface area contributed by atoms with Crippen molar-refractivity contribution >= 4 is 11.6 Å². The summed E-state index contributed by atoms with van der Waals surface area (Å²) in [5.41, 5.74) is -0.828. The van der Waals surface area contributed by atoms with E-state index in [4.69, 9.17) is 15.3 Å². The molecule has 0 aromatic heterocycles. The minimum Gasteiger partial charge on any atom is -0.394 e. The third kappa shape index (κ3) is 36.5. The van der Waals surface area contributed by atoms with Crippen LogP contribution in [0.25, 0.3) is 0 Å². The van der Waals surface area contributed by atoms with Crippen LogP contribution in [-0.2, 0) is 9.59 Å². The van der Waals surface area contributed by atoms with Crippen LogP contribution >= 0.6 is 0 Å². The van der Waals surface area contributed by atoms with E-state index in [1.165, 1.54) is 6.92 Å². The van der Waals surface area contributed by atoms with Crippen LogP contribution < -0.4 is 0 Å². The lowest BCUT2D eigenvalue weighted by molar-refractivity contribution is -0.121. The van der Waals surface area contributed by atoms with E-state index in [2.05, 4.69) is 27.7 Å². The highest BCUT2D eigenvalue weighted by Gasteiger charge is 2.13. The molecule has 0 aromatic carbocycles. The SMILES string of the molecule is CC(=O)CC(C)(C)O.CC(C)CC(=O)CC(C)C.OCCO. The molecule has 0 saturated heterocycles. The van der Waals surface area contributed by atoms with Gasteiger partial charge in [0, 0.05) is 19.3 Å². The quantitative estimate of drug-likeness (QED) is 0.669. The number of carbonyl (C=O) groups is 2. The number of rotatable bonds is 7. The molecule has 0 saturated carbocycles. The summed E-state index contributed by atoms with van der Waals surface area (Å²) in [5.74, 6) is 1.47. The minimum absolute atomic E-state index is 0.0255. The van der Waals surface area contributed by atoms with E-state index in [9.17, 15) is 9.59 Å². The molecule has 5 nitrogen and oxygen atoms in total. The Morgan fingerprint density at radius 3 is 1.32 bits per heavy atom. The molecule has 0 heterocycles. The second-order valence-corrected chi connectivity index (χ2v) is 6.87. The summed E-state index contributed by atoms with van der Waals surface area (Å²) in [4.78, 5) is 21.4. The summed E-state index contributed by atoms with van der Waals surface area (Å²) in [6.45, 7) is 12.8. The van der Waals surface area contributed by atoms with E-state index >= 15 is 0 Å². The van der Waals surface area contributed by atoms with Gasteiger partial charge in [0.2, 0.25) is 0 Å². The van der Waals surface area contributed by atoms with E-state index < -0.39 is 5.60 Å². The van der Waals surface area contributed by atoms with Crippen molar-refractivity contribution in [3.63, 3.8) is 0 Å². The van der Waals surface area contributed by atoms with Crippen molar-refractivity contribution in [2.24, 2.45) is 11.8 Å². The number of carbonyl (C=O) groups excluding carboxylic acids is 2. The lowest BCUT2D eigenvalue weighted by Crippen LogP contribution is -2.21. The zero-order valence-electron chi connectivity index (χ0n) is 15.3. The highest BCUT2D eigenvalue weighted by atomic mass is 16.3. The molecule has 5 heteroatoms. The van der Waals surface area contributed by atoms with Crippen LogP contribution in [0.2, 0.25) is 0 Å². The van der Waals surface area contributed by atoms with Crippen molar-refractivity contribution in [3.05, 3.63) is 0 Å². The topological polar surface area (TPSA) is 94.8 Å². The molecule has 134 valence electrons. The minimum atomic E-state index is -0.828. The standard InChI is InChI=1S/C9H18O.C6H12O2.C2H6O2/c1-7(2)5-9(10)6-8(3)4;1-5(7)4-6(2,3)8;3-1-2-4/h7-8H,5-6H2,1-4H3;8H,4H2,1-3H3;3-4H,1-2H2. The molecule has 0 atom stereocenters. The van der Waals surface area contributed by atoms with Crippen molar-refractivity contribution in [1.29, 1.82) is 0 Å². The molecule has 0 aliphatic carbocycles. The summed E-state index contributed by atoms with van der Waals surface area (Å²) in [6, 6.07) is 0. The fourth-order valence-corrected chi connectivity index (χ4v) is 1.60. The van der Waals surface area contributed by atoms with E-state index in [1.807, 2.05) is 0 Å². The fourth-order valence-electron chi connectivity index (χ4n) is 1.60. The van der Waals surface area contributed by atoms with E-state index in [0.717, 1.165) is 12.8 Å². The Balaban J connectivity index is -0.000000269. The van der Waals surface area contributed by atoms with Gasteiger partial charge in [-0.15, -0.1) is 0 Å². The number of ketones is 2. The average molecular weight is 320 g/mol. The second kappa shape index (κ2) is 15.1. The molecule has 0 aliphatic rings. The van der Waals surface area contributed by atoms with Crippen molar-refractivity contribution in [2.75, 3.05) is 13.2 Å². The lowest BCUT2D eigenvalue weighted by atomic mass is 10.00. The first-order valence-electron chi connectivity index (χ1n) is 7.80. The van der Waals surface area contributed by atoms with Gasteiger partial charge in [0.1, 0.15) is 11.6 Å². The molecule has 0 bridgehead atoms. The monoisotopic (exact) mass is 320 g/mol.